The Hall–Kier alpha value is 0.310. The largest absolute Gasteiger partial charge is 0.309 e. The van der Waals surface area contributed by atoms with E-state index < -0.39 is 0 Å². The molecule has 0 aromatic heterocycles. The van der Waals surface area contributed by atoms with Crippen LogP contribution in [0, 0.1) is 5.92 Å². The van der Waals surface area contributed by atoms with Crippen LogP contribution in [0.1, 0.15) is 26.2 Å². The minimum Gasteiger partial charge on any atom is -0.309 e. The summed E-state index contributed by atoms with van der Waals surface area (Å²) in [6.45, 7) is 3.43. The molecular formula is C9H21NS. The molecule has 0 fully saturated rings. The molecule has 0 aliphatic carbocycles. The van der Waals surface area contributed by atoms with Crippen molar-refractivity contribution in [3.8, 4) is 0 Å². The average molecular weight is 175 g/mol. The summed E-state index contributed by atoms with van der Waals surface area (Å²) in [5.74, 6) is 1.81. The van der Waals surface area contributed by atoms with Crippen LogP contribution in [-0.4, -0.2) is 31.3 Å². The third-order valence-corrected chi connectivity index (χ3v) is 2.36. The molecule has 0 saturated heterocycles. The highest BCUT2D eigenvalue weighted by atomic mass is 32.1. The Morgan fingerprint density at radius 1 is 1.36 bits per heavy atom. The van der Waals surface area contributed by atoms with E-state index in [2.05, 4.69) is 38.5 Å². The van der Waals surface area contributed by atoms with Crippen LogP contribution in [0.2, 0.25) is 0 Å². The van der Waals surface area contributed by atoms with Crippen molar-refractivity contribution in [2.24, 2.45) is 5.92 Å². The molecule has 1 atom stereocenters. The molecular weight excluding hydrogens is 154 g/mol. The van der Waals surface area contributed by atoms with Crippen molar-refractivity contribution in [2.75, 3.05) is 26.4 Å². The molecule has 0 aliphatic heterocycles. The molecule has 0 aromatic rings. The van der Waals surface area contributed by atoms with E-state index in [0.717, 1.165) is 11.7 Å². The van der Waals surface area contributed by atoms with E-state index in [1.807, 2.05) is 0 Å². The van der Waals surface area contributed by atoms with Gasteiger partial charge in [0.05, 0.1) is 0 Å². The van der Waals surface area contributed by atoms with E-state index in [-0.39, 0.29) is 0 Å². The fourth-order valence-corrected chi connectivity index (χ4v) is 1.55. The summed E-state index contributed by atoms with van der Waals surface area (Å²) in [6, 6.07) is 0. The lowest BCUT2D eigenvalue weighted by Gasteiger charge is -2.18. The molecule has 0 saturated carbocycles. The summed E-state index contributed by atoms with van der Waals surface area (Å²) in [5, 5.41) is 0. The van der Waals surface area contributed by atoms with E-state index in [0.29, 0.717) is 0 Å². The smallest absolute Gasteiger partial charge is 0.00114 e. The number of rotatable bonds is 6. The number of hydrogen-bond donors (Lipinski definition) is 1. The highest BCUT2D eigenvalue weighted by molar-refractivity contribution is 7.80. The summed E-state index contributed by atoms with van der Waals surface area (Å²) >= 11 is 4.34. The Balaban J connectivity index is 3.41. The van der Waals surface area contributed by atoms with Gasteiger partial charge in [-0.15, -0.1) is 0 Å². The molecule has 0 rings (SSSR count). The van der Waals surface area contributed by atoms with Gasteiger partial charge in [-0.3, -0.25) is 0 Å². The van der Waals surface area contributed by atoms with Crippen molar-refractivity contribution < 1.29 is 0 Å². The number of unbranched alkanes of at least 4 members (excludes halogenated alkanes) is 1. The minimum absolute atomic E-state index is 0.785. The number of thiol groups is 1. The van der Waals surface area contributed by atoms with Gasteiger partial charge >= 0.3 is 0 Å². The van der Waals surface area contributed by atoms with E-state index >= 15 is 0 Å². The summed E-state index contributed by atoms with van der Waals surface area (Å²) in [4.78, 5) is 2.25. The predicted molar refractivity (Wildman–Crippen MR) is 55.4 cm³/mol. The van der Waals surface area contributed by atoms with Crippen molar-refractivity contribution in [3.63, 3.8) is 0 Å². The second kappa shape index (κ2) is 6.99. The molecule has 11 heavy (non-hydrogen) atoms. The quantitative estimate of drug-likeness (QED) is 0.606. The van der Waals surface area contributed by atoms with Gasteiger partial charge in [-0.1, -0.05) is 19.8 Å². The first-order chi connectivity index (χ1) is 5.20. The van der Waals surface area contributed by atoms with Gasteiger partial charge in [0.15, 0.2) is 0 Å². The van der Waals surface area contributed by atoms with Gasteiger partial charge in [0.1, 0.15) is 0 Å². The summed E-state index contributed by atoms with van der Waals surface area (Å²) in [6.07, 6.45) is 3.98. The number of nitrogens with zero attached hydrogens (tertiary/aromatic N) is 1. The van der Waals surface area contributed by atoms with Crippen molar-refractivity contribution >= 4 is 12.6 Å². The first-order valence-corrected chi connectivity index (χ1v) is 5.09. The zero-order chi connectivity index (χ0) is 8.69. The maximum Gasteiger partial charge on any atom is 0.00114 e. The molecule has 0 aromatic carbocycles. The minimum atomic E-state index is 0.785. The molecule has 0 amide bonds. The Morgan fingerprint density at radius 3 is 2.36 bits per heavy atom. The van der Waals surface area contributed by atoms with Crippen LogP contribution in [0.4, 0.5) is 0 Å². The highest BCUT2D eigenvalue weighted by Gasteiger charge is 2.06. The standard InChI is InChI=1S/C9H21NS/c1-4-5-6-9(8-11)7-10(2)3/h9,11H,4-8H2,1-3H3. The summed E-state index contributed by atoms with van der Waals surface area (Å²) in [5.41, 5.74) is 0. The van der Waals surface area contributed by atoms with Gasteiger partial charge in [-0.25, -0.2) is 0 Å². The maximum absolute atomic E-state index is 4.34. The third-order valence-electron chi connectivity index (χ3n) is 1.85. The van der Waals surface area contributed by atoms with Crippen LogP contribution >= 0.6 is 12.6 Å². The second-order valence-corrected chi connectivity index (χ2v) is 3.82. The summed E-state index contributed by atoms with van der Waals surface area (Å²) < 4.78 is 0. The molecule has 1 nitrogen and oxygen atoms in total. The Labute approximate surface area is 76.6 Å². The lowest BCUT2D eigenvalue weighted by molar-refractivity contribution is 0.327. The van der Waals surface area contributed by atoms with Crippen LogP contribution in [0.3, 0.4) is 0 Å². The van der Waals surface area contributed by atoms with Crippen LogP contribution in [0.15, 0.2) is 0 Å². The molecule has 0 spiro atoms. The monoisotopic (exact) mass is 175 g/mol. The fraction of sp³-hybridized carbons (Fsp3) is 1.00. The van der Waals surface area contributed by atoms with E-state index in [1.165, 1.54) is 25.8 Å². The molecule has 0 heterocycles. The van der Waals surface area contributed by atoms with E-state index in [4.69, 9.17) is 0 Å². The van der Waals surface area contributed by atoms with E-state index in [1.54, 1.807) is 0 Å². The third kappa shape index (κ3) is 6.70. The van der Waals surface area contributed by atoms with Crippen molar-refractivity contribution in [3.05, 3.63) is 0 Å². The van der Waals surface area contributed by atoms with Crippen LogP contribution in [0.5, 0.6) is 0 Å². The van der Waals surface area contributed by atoms with Gasteiger partial charge < -0.3 is 4.90 Å². The zero-order valence-corrected chi connectivity index (χ0v) is 8.90. The molecule has 1 unspecified atom stereocenters. The maximum atomic E-state index is 4.34. The van der Waals surface area contributed by atoms with Gasteiger partial charge in [0.25, 0.3) is 0 Å². The topological polar surface area (TPSA) is 3.24 Å². The zero-order valence-electron chi connectivity index (χ0n) is 8.01. The molecule has 68 valence electrons. The first kappa shape index (κ1) is 11.3. The lowest BCUT2D eigenvalue weighted by Crippen LogP contribution is -2.22. The molecule has 0 N–H and O–H groups in total. The Bertz CT molecular complexity index is 83.6. The van der Waals surface area contributed by atoms with Crippen LogP contribution in [0.25, 0.3) is 0 Å². The van der Waals surface area contributed by atoms with Crippen molar-refractivity contribution in [2.45, 2.75) is 26.2 Å². The fourth-order valence-electron chi connectivity index (χ4n) is 1.25. The van der Waals surface area contributed by atoms with E-state index in [9.17, 15) is 0 Å². The van der Waals surface area contributed by atoms with Gasteiger partial charge in [0.2, 0.25) is 0 Å². The average Bonchev–Trinajstić information content (AvgIpc) is 1.97. The SMILES string of the molecule is CCCCC(CS)CN(C)C. The Morgan fingerprint density at radius 2 is 2.00 bits per heavy atom. The van der Waals surface area contributed by atoms with Crippen LogP contribution < -0.4 is 0 Å². The molecule has 0 aliphatic rings. The van der Waals surface area contributed by atoms with Gasteiger partial charge in [-0.2, -0.15) is 12.6 Å². The molecule has 0 radical (unpaired) electrons. The second-order valence-electron chi connectivity index (χ2n) is 3.45. The van der Waals surface area contributed by atoms with Crippen molar-refractivity contribution in [1.29, 1.82) is 0 Å². The molecule has 0 bridgehead atoms. The Kier molecular flexibility index (Phi) is 7.18. The lowest BCUT2D eigenvalue weighted by atomic mass is 10.0. The van der Waals surface area contributed by atoms with Crippen LogP contribution in [-0.2, 0) is 0 Å². The van der Waals surface area contributed by atoms with Gasteiger partial charge in [-0.05, 0) is 32.2 Å². The number of hydrogen-bond acceptors (Lipinski definition) is 2. The highest BCUT2D eigenvalue weighted by Crippen LogP contribution is 2.10. The molecule has 2 heteroatoms. The van der Waals surface area contributed by atoms with Crippen molar-refractivity contribution in [1.82, 2.24) is 4.90 Å². The predicted octanol–water partition coefficient (Wildman–Crippen LogP) is 2.28. The van der Waals surface area contributed by atoms with Gasteiger partial charge in [0, 0.05) is 6.54 Å². The first-order valence-electron chi connectivity index (χ1n) is 4.46. The summed E-state index contributed by atoms with van der Waals surface area (Å²) in [7, 11) is 4.25. The normalized spacial score (nSPS) is 13.9.